The second-order valence-corrected chi connectivity index (χ2v) is 7.06. The van der Waals surface area contributed by atoms with E-state index < -0.39 is 0 Å². The highest BCUT2D eigenvalue weighted by Gasteiger charge is 2.45. The van der Waals surface area contributed by atoms with Gasteiger partial charge >= 0.3 is 0 Å². The van der Waals surface area contributed by atoms with Gasteiger partial charge in [0.25, 0.3) is 0 Å². The molecule has 2 heterocycles. The van der Waals surface area contributed by atoms with Gasteiger partial charge in [-0.25, -0.2) is 0 Å². The Bertz CT molecular complexity index is 288. The van der Waals surface area contributed by atoms with Crippen molar-refractivity contribution in [1.29, 1.82) is 0 Å². The summed E-state index contributed by atoms with van der Waals surface area (Å²) in [5.74, 6) is 0. The van der Waals surface area contributed by atoms with E-state index in [0.717, 1.165) is 19.8 Å². The fraction of sp³-hybridized carbons (Fsp3) is 1.00. The molecule has 3 fully saturated rings. The van der Waals surface area contributed by atoms with Crippen molar-refractivity contribution in [2.24, 2.45) is 5.41 Å². The van der Waals surface area contributed by atoms with Gasteiger partial charge in [-0.15, -0.1) is 0 Å². The van der Waals surface area contributed by atoms with E-state index in [1.807, 2.05) is 0 Å². The van der Waals surface area contributed by atoms with Gasteiger partial charge in [-0.3, -0.25) is 0 Å². The third kappa shape index (κ3) is 2.98. The molecule has 2 aliphatic heterocycles. The second-order valence-electron chi connectivity index (χ2n) is 7.06. The Morgan fingerprint density at radius 3 is 2.63 bits per heavy atom. The highest BCUT2D eigenvalue weighted by atomic mass is 16.5. The first kappa shape index (κ1) is 13.8. The molecule has 2 saturated heterocycles. The highest BCUT2D eigenvalue weighted by Crippen LogP contribution is 2.46. The fourth-order valence-electron chi connectivity index (χ4n) is 4.57. The van der Waals surface area contributed by atoms with Crippen molar-refractivity contribution in [3.63, 3.8) is 0 Å². The molecule has 0 aromatic rings. The van der Waals surface area contributed by atoms with Crippen LogP contribution < -0.4 is 5.32 Å². The predicted molar refractivity (Wildman–Crippen MR) is 76.3 cm³/mol. The Morgan fingerprint density at radius 1 is 1.11 bits per heavy atom. The number of ether oxygens (including phenoxy) is 2. The van der Waals surface area contributed by atoms with E-state index in [4.69, 9.17) is 9.47 Å². The minimum atomic E-state index is 0.279. The average Bonchev–Trinajstić information content (AvgIpc) is 3.02. The quantitative estimate of drug-likeness (QED) is 0.849. The zero-order valence-electron chi connectivity index (χ0n) is 12.4. The van der Waals surface area contributed by atoms with Crippen LogP contribution in [0.4, 0.5) is 0 Å². The number of nitrogens with one attached hydrogen (secondary N) is 1. The molecule has 3 rings (SSSR count). The lowest BCUT2D eigenvalue weighted by molar-refractivity contribution is -0.0787. The van der Waals surface area contributed by atoms with Gasteiger partial charge in [-0.1, -0.05) is 12.8 Å². The summed E-state index contributed by atoms with van der Waals surface area (Å²) in [4.78, 5) is 0. The maximum absolute atomic E-state index is 6.50. The Labute approximate surface area is 117 Å². The van der Waals surface area contributed by atoms with Crippen molar-refractivity contribution < 1.29 is 9.47 Å². The summed E-state index contributed by atoms with van der Waals surface area (Å²) in [6.45, 7) is 2.93. The SMILES string of the molecule is CNCC1(CC2CCC3(CCCC3)O2)CCCOC1. The van der Waals surface area contributed by atoms with Crippen molar-refractivity contribution in [3.05, 3.63) is 0 Å². The van der Waals surface area contributed by atoms with Crippen LogP contribution in [-0.2, 0) is 9.47 Å². The van der Waals surface area contributed by atoms with Crippen molar-refractivity contribution in [3.8, 4) is 0 Å². The standard InChI is InChI=1S/C16H29NO2/c1-17-12-15(6-4-10-18-13-15)11-14-5-9-16(19-14)7-2-3-8-16/h14,17H,2-13H2,1H3. The van der Waals surface area contributed by atoms with Crippen molar-refractivity contribution in [2.45, 2.75) is 69.5 Å². The van der Waals surface area contributed by atoms with E-state index in [0.29, 0.717) is 11.5 Å². The molecule has 1 aliphatic carbocycles. The molecular formula is C16H29NO2. The summed E-state index contributed by atoms with van der Waals surface area (Å²) in [7, 11) is 2.06. The predicted octanol–water partition coefficient (Wildman–Crippen LogP) is 2.88. The van der Waals surface area contributed by atoms with Gasteiger partial charge in [-0.05, 0) is 52.0 Å². The van der Waals surface area contributed by atoms with Gasteiger partial charge in [0.2, 0.25) is 0 Å². The number of hydrogen-bond acceptors (Lipinski definition) is 3. The molecule has 0 aromatic heterocycles. The summed E-state index contributed by atoms with van der Waals surface area (Å²) >= 11 is 0. The maximum Gasteiger partial charge on any atom is 0.0687 e. The van der Waals surface area contributed by atoms with Gasteiger partial charge < -0.3 is 14.8 Å². The van der Waals surface area contributed by atoms with Crippen molar-refractivity contribution in [1.82, 2.24) is 5.32 Å². The molecule has 2 unspecified atom stereocenters. The lowest BCUT2D eigenvalue weighted by atomic mass is 9.77. The molecule has 1 N–H and O–H groups in total. The van der Waals surface area contributed by atoms with Crippen LogP contribution in [0.2, 0.25) is 0 Å². The van der Waals surface area contributed by atoms with Crippen LogP contribution in [0.1, 0.15) is 57.8 Å². The van der Waals surface area contributed by atoms with Crippen LogP contribution in [-0.4, -0.2) is 38.5 Å². The van der Waals surface area contributed by atoms with E-state index in [-0.39, 0.29) is 5.60 Å². The molecule has 0 bridgehead atoms. The molecular weight excluding hydrogens is 238 g/mol. The first-order valence-corrected chi connectivity index (χ1v) is 8.16. The van der Waals surface area contributed by atoms with Crippen LogP contribution in [0.3, 0.4) is 0 Å². The number of hydrogen-bond donors (Lipinski definition) is 1. The zero-order chi connectivity index (χ0) is 13.2. The minimum absolute atomic E-state index is 0.279. The third-order valence-corrected chi connectivity index (χ3v) is 5.47. The van der Waals surface area contributed by atoms with Gasteiger partial charge in [0.1, 0.15) is 0 Å². The van der Waals surface area contributed by atoms with E-state index in [1.54, 1.807) is 0 Å². The van der Waals surface area contributed by atoms with Gasteiger partial charge in [0, 0.05) is 18.6 Å². The zero-order valence-corrected chi connectivity index (χ0v) is 12.4. The summed E-state index contributed by atoms with van der Waals surface area (Å²) in [5, 5.41) is 3.38. The fourth-order valence-corrected chi connectivity index (χ4v) is 4.57. The molecule has 3 heteroatoms. The third-order valence-electron chi connectivity index (χ3n) is 5.47. The van der Waals surface area contributed by atoms with Crippen molar-refractivity contribution in [2.75, 3.05) is 26.8 Å². The van der Waals surface area contributed by atoms with Crippen LogP contribution in [0.25, 0.3) is 0 Å². The Kier molecular flexibility index (Phi) is 4.16. The normalized spacial score (nSPS) is 38.1. The molecule has 3 nitrogen and oxygen atoms in total. The molecule has 0 amide bonds. The van der Waals surface area contributed by atoms with Crippen molar-refractivity contribution >= 4 is 0 Å². The first-order valence-electron chi connectivity index (χ1n) is 8.16. The first-order chi connectivity index (χ1) is 9.26. The maximum atomic E-state index is 6.50. The average molecular weight is 267 g/mol. The molecule has 19 heavy (non-hydrogen) atoms. The highest BCUT2D eigenvalue weighted by molar-refractivity contribution is 4.96. The largest absolute Gasteiger partial charge is 0.381 e. The lowest BCUT2D eigenvalue weighted by Gasteiger charge is -2.39. The van der Waals surface area contributed by atoms with E-state index in [1.165, 1.54) is 57.8 Å². The van der Waals surface area contributed by atoms with Crippen LogP contribution in [0.15, 0.2) is 0 Å². The number of rotatable bonds is 4. The monoisotopic (exact) mass is 267 g/mol. The van der Waals surface area contributed by atoms with Crippen LogP contribution >= 0.6 is 0 Å². The summed E-state index contributed by atoms with van der Waals surface area (Å²) < 4.78 is 12.3. The van der Waals surface area contributed by atoms with Crippen LogP contribution in [0, 0.1) is 5.41 Å². The molecule has 1 saturated carbocycles. The van der Waals surface area contributed by atoms with Gasteiger partial charge in [0.05, 0.1) is 18.3 Å². The van der Waals surface area contributed by atoms with E-state index in [2.05, 4.69) is 12.4 Å². The Morgan fingerprint density at radius 2 is 1.95 bits per heavy atom. The Balaban J connectivity index is 1.59. The van der Waals surface area contributed by atoms with E-state index in [9.17, 15) is 0 Å². The minimum Gasteiger partial charge on any atom is -0.381 e. The van der Waals surface area contributed by atoms with E-state index >= 15 is 0 Å². The lowest BCUT2D eigenvalue weighted by Crippen LogP contribution is -2.42. The summed E-state index contributed by atoms with van der Waals surface area (Å²) in [6.07, 6.45) is 12.1. The molecule has 0 radical (unpaired) electrons. The molecule has 2 atom stereocenters. The van der Waals surface area contributed by atoms with Crippen LogP contribution in [0.5, 0.6) is 0 Å². The van der Waals surface area contributed by atoms with Gasteiger partial charge in [-0.2, -0.15) is 0 Å². The van der Waals surface area contributed by atoms with Gasteiger partial charge in [0.15, 0.2) is 0 Å². The topological polar surface area (TPSA) is 30.5 Å². The second kappa shape index (κ2) is 5.71. The Hall–Kier alpha value is -0.120. The molecule has 3 aliphatic rings. The molecule has 1 spiro atoms. The molecule has 0 aromatic carbocycles. The molecule has 110 valence electrons. The smallest absolute Gasteiger partial charge is 0.0687 e. The summed E-state index contributed by atoms with van der Waals surface area (Å²) in [5.41, 5.74) is 0.600. The summed E-state index contributed by atoms with van der Waals surface area (Å²) in [6, 6.07) is 0.